The van der Waals surface area contributed by atoms with Crippen LogP contribution in [0.15, 0.2) is 0 Å². The lowest BCUT2D eigenvalue weighted by Crippen LogP contribution is -2.29. The minimum absolute atomic E-state index is 0.106. The summed E-state index contributed by atoms with van der Waals surface area (Å²) in [6, 6.07) is 0. The second-order valence-corrected chi connectivity index (χ2v) is 8.83. The highest BCUT2D eigenvalue weighted by Crippen LogP contribution is 2.68. The fourth-order valence-electron chi connectivity index (χ4n) is 2.17. The molecule has 0 aromatic rings. The molecule has 0 aromatic carbocycles. The molecule has 0 atom stereocenters. The van der Waals surface area contributed by atoms with Crippen molar-refractivity contribution in [1.29, 1.82) is 0 Å². The molecule has 17 heavy (non-hydrogen) atoms. The van der Waals surface area contributed by atoms with E-state index in [0.29, 0.717) is 0 Å². The van der Waals surface area contributed by atoms with Crippen LogP contribution in [0, 0.1) is 0 Å². The summed E-state index contributed by atoms with van der Waals surface area (Å²) in [7, 11) is -3.15. The van der Waals surface area contributed by atoms with E-state index in [-0.39, 0.29) is 12.2 Å². The van der Waals surface area contributed by atoms with Crippen LogP contribution in [0.4, 0.5) is 0 Å². The predicted molar refractivity (Wildman–Crippen MR) is 74.9 cm³/mol. The molecule has 0 aliphatic heterocycles. The van der Waals surface area contributed by atoms with Gasteiger partial charge in [-0.2, -0.15) is 12.6 Å². The van der Waals surface area contributed by atoms with Crippen molar-refractivity contribution < 1.29 is 13.6 Å². The molecule has 0 N–H and O–H groups in total. The van der Waals surface area contributed by atoms with Crippen LogP contribution in [0.5, 0.6) is 0 Å². The smallest absolute Gasteiger partial charge is 0.305 e. The van der Waals surface area contributed by atoms with Gasteiger partial charge >= 0.3 is 7.60 Å². The maximum atomic E-state index is 13.0. The second-order valence-electron chi connectivity index (χ2n) is 5.35. The van der Waals surface area contributed by atoms with Crippen molar-refractivity contribution in [3.8, 4) is 0 Å². The summed E-state index contributed by atoms with van der Waals surface area (Å²) in [5.74, 6) is 0. The molecule has 0 saturated heterocycles. The molecule has 0 amide bonds. The van der Waals surface area contributed by atoms with Gasteiger partial charge in [0.25, 0.3) is 0 Å². The van der Waals surface area contributed by atoms with E-state index < -0.39 is 12.1 Å². The Bertz CT molecular complexity index is 271. The first kappa shape index (κ1) is 15.6. The average Bonchev–Trinajstić information content (AvgIpc) is 2.15. The lowest BCUT2D eigenvalue weighted by molar-refractivity contribution is 0.129. The Balaban J connectivity index is 2.91. The highest BCUT2D eigenvalue weighted by Gasteiger charge is 2.49. The third-order valence-corrected chi connectivity index (χ3v) is 6.91. The first-order valence-electron chi connectivity index (χ1n) is 6.48. The van der Waals surface area contributed by atoms with Crippen molar-refractivity contribution in [1.82, 2.24) is 0 Å². The van der Waals surface area contributed by atoms with E-state index in [2.05, 4.69) is 12.6 Å². The van der Waals surface area contributed by atoms with Gasteiger partial charge < -0.3 is 9.05 Å². The van der Waals surface area contributed by atoms with Gasteiger partial charge in [0.15, 0.2) is 0 Å². The molecular formula is C12H25O3PS. The first-order valence-corrected chi connectivity index (χ1v) is 8.47. The topological polar surface area (TPSA) is 35.5 Å². The third-order valence-electron chi connectivity index (χ3n) is 2.86. The summed E-state index contributed by atoms with van der Waals surface area (Å²) in [4.78, 5) is 0. The molecular weight excluding hydrogens is 255 g/mol. The summed E-state index contributed by atoms with van der Waals surface area (Å²) in [6.07, 6.45) is 4.70. The Kier molecular flexibility index (Phi) is 5.58. The van der Waals surface area contributed by atoms with Crippen molar-refractivity contribution in [2.45, 2.75) is 76.5 Å². The normalized spacial score (nSPS) is 21.1. The highest BCUT2D eigenvalue weighted by molar-refractivity contribution is 7.91. The summed E-state index contributed by atoms with van der Waals surface area (Å²) in [5, 5.41) is 0. The number of thiol groups is 1. The Morgan fingerprint density at radius 3 is 1.76 bits per heavy atom. The van der Waals surface area contributed by atoms with E-state index in [1.54, 1.807) is 0 Å². The van der Waals surface area contributed by atoms with Crippen LogP contribution in [0.1, 0.15) is 59.8 Å². The number of hydrogen-bond acceptors (Lipinski definition) is 4. The molecule has 0 unspecified atom stereocenters. The maximum Gasteiger partial charge on any atom is 0.346 e. The van der Waals surface area contributed by atoms with Crippen LogP contribution in [-0.4, -0.2) is 16.7 Å². The molecule has 1 saturated carbocycles. The van der Waals surface area contributed by atoms with Crippen molar-refractivity contribution in [3.05, 3.63) is 0 Å². The Labute approximate surface area is 111 Å². The minimum atomic E-state index is -3.15. The molecule has 0 heterocycles. The van der Waals surface area contributed by atoms with E-state index >= 15 is 0 Å². The van der Waals surface area contributed by atoms with Gasteiger partial charge in [-0.1, -0.05) is 19.3 Å². The summed E-state index contributed by atoms with van der Waals surface area (Å²) < 4.78 is 23.7. The molecule has 0 aromatic heterocycles. The Hall–Kier alpha value is 0.500. The molecule has 1 aliphatic rings. The second kappa shape index (κ2) is 6.10. The van der Waals surface area contributed by atoms with Crippen LogP contribution in [-0.2, 0) is 13.6 Å². The van der Waals surface area contributed by atoms with E-state index in [1.807, 2.05) is 27.7 Å². The summed E-state index contributed by atoms with van der Waals surface area (Å²) in [5.41, 5.74) is 0. The molecule has 3 nitrogen and oxygen atoms in total. The maximum absolute atomic E-state index is 13.0. The largest absolute Gasteiger partial charge is 0.346 e. The SMILES string of the molecule is CC(C)OP(=O)(OC(C)C)C1(S)CCCCC1. The van der Waals surface area contributed by atoms with Gasteiger partial charge in [-0.05, 0) is 40.5 Å². The van der Waals surface area contributed by atoms with Gasteiger partial charge in [-0.15, -0.1) is 0 Å². The zero-order valence-corrected chi connectivity index (χ0v) is 13.1. The van der Waals surface area contributed by atoms with E-state index in [9.17, 15) is 4.57 Å². The quantitative estimate of drug-likeness (QED) is 0.589. The molecule has 5 heteroatoms. The van der Waals surface area contributed by atoms with Crippen LogP contribution in [0.2, 0.25) is 0 Å². The summed E-state index contributed by atoms with van der Waals surface area (Å²) in [6.45, 7) is 7.54. The van der Waals surface area contributed by atoms with Crippen LogP contribution < -0.4 is 0 Å². The molecule has 1 rings (SSSR count). The predicted octanol–water partition coefficient (Wildman–Crippen LogP) is 4.62. The van der Waals surface area contributed by atoms with Gasteiger partial charge in [0.2, 0.25) is 0 Å². The number of rotatable bonds is 5. The highest BCUT2D eigenvalue weighted by atomic mass is 32.1. The lowest BCUT2D eigenvalue weighted by Gasteiger charge is -2.39. The van der Waals surface area contributed by atoms with Crippen molar-refractivity contribution >= 4 is 20.2 Å². The molecule has 0 radical (unpaired) electrons. The van der Waals surface area contributed by atoms with Crippen LogP contribution >= 0.6 is 20.2 Å². The standard InChI is InChI=1S/C12H25O3PS/c1-10(2)14-16(13,15-11(3)4)12(17)8-6-5-7-9-12/h10-11,17H,5-9H2,1-4H3. The van der Waals surface area contributed by atoms with Crippen molar-refractivity contribution in [3.63, 3.8) is 0 Å². The van der Waals surface area contributed by atoms with E-state index in [4.69, 9.17) is 9.05 Å². The Morgan fingerprint density at radius 1 is 1.00 bits per heavy atom. The molecule has 0 spiro atoms. The van der Waals surface area contributed by atoms with Gasteiger partial charge in [-0.3, -0.25) is 4.57 Å². The van der Waals surface area contributed by atoms with E-state index in [0.717, 1.165) is 25.7 Å². The van der Waals surface area contributed by atoms with Crippen LogP contribution in [0.25, 0.3) is 0 Å². The fourth-order valence-corrected chi connectivity index (χ4v) is 5.18. The number of hydrogen-bond donors (Lipinski definition) is 1. The molecule has 1 fully saturated rings. The van der Waals surface area contributed by atoms with E-state index in [1.165, 1.54) is 6.42 Å². The van der Waals surface area contributed by atoms with Gasteiger partial charge in [-0.25, -0.2) is 0 Å². The average molecular weight is 280 g/mol. The molecule has 102 valence electrons. The zero-order chi connectivity index (χ0) is 13.1. The monoisotopic (exact) mass is 280 g/mol. The van der Waals surface area contributed by atoms with Crippen LogP contribution in [0.3, 0.4) is 0 Å². The Morgan fingerprint density at radius 2 is 1.41 bits per heavy atom. The molecule has 0 bridgehead atoms. The van der Waals surface area contributed by atoms with Crippen molar-refractivity contribution in [2.24, 2.45) is 0 Å². The van der Waals surface area contributed by atoms with Gasteiger partial charge in [0, 0.05) is 0 Å². The molecule has 1 aliphatic carbocycles. The lowest BCUT2D eigenvalue weighted by atomic mass is 10.00. The van der Waals surface area contributed by atoms with Gasteiger partial charge in [0.1, 0.15) is 4.49 Å². The first-order chi connectivity index (χ1) is 7.79. The third kappa shape index (κ3) is 3.99. The summed E-state index contributed by atoms with van der Waals surface area (Å²) >= 11 is 4.67. The minimum Gasteiger partial charge on any atom is -0.305 e. The fraction of sp³-hybridized carbons (Fsp3) is 1.00. The van der Waals surface area contributed by atoms with Gasteiger partial charge in [0.05, 0.1) is 12.2 Å². The zero-order valence-electron chi connectivity index (χ0n) is 11.3. The van der Waals surface area contributed by atoms with Crippen molar-refractivity contribution in [2.75, 3.05) is 0 Å².